The second-order valence-electron chi connectivity index (χ2n) is 6.46. The highest BCUT2D eigenvalue weighted by Crippen LogP contribution is 2.40. The summed E-state index contributed by atoms with van der Waals surface area (Å²) in [6.45, 7) is 1.81. The fraction of sp³-hybridized carbons (Fsp3) is 0.350. The van der Waals surface area contributed by atoms with E-state index in [1.807, 2.05) is 31.2 Å². The Morgan fingerprint density at radius 3 is 2.44 bits per heavy atom. The summed E-state index contributed by atoms with van der Waals surface area (Å²) in [4.78, 5) is 19.4. The molecule has 0 amide bonds. The molecule has 25 heavy (non-hydrogen) atoms. The zero-order valence-electron chi connectivity index (χ0n) is 14.1. The van der Waals surface area contributed by atoms with Gasteiger partial charge < -0.3 is 10.2 Å². The largest absolute Gasteiger partial charge is 0.481 e. The third-order valence-electron chi connectivity index (χ3n) is 4.71. The van der Waals surface area contributed by atoms with E-state index < -0.39 is 11.6 Å². The monoisotopic (exact) mass is 336 g/mol. The molecule has 2 aromatic rings. The standard InChI is InChI=1S/C20H20N2O3/c1-14-21-12-15(13-22-14)6-7-16-4-2-3-5-18(16)20(25)10-8-17(9-11-20)19(23)24/h2-5,12-13,17,25H,8-11H2,1H3,(H,23,24). The van der Waals surface area contributed by atoms with Crippen LogP contribution in [0.3, 0.4) is 0 Å². The maximum absolute atomic E-state index is 11.1. The van der Waals surface area contributed by atoms with E-state index in [2.05, 4.69) is 21.8 Å². The van der Waals surface area contributed by atoms with Crippen LogP contribution in [-0.2, 0) is 10.4 Å². The molecule has 0 bridgehead atoms. The molecule has 1 aliphatic rings. The van der Waals surface area contributed by atoms with Gasteiger partial charge in [-0.25, -0.2) is 9.97 Å². The zero-order valence-corrected chi connectivity index (χ0v) is 14.1. The van der Waals surface area contributed by atoms with Crippen LogP contribution >= 0.6 is 0 Å². The smallest absolute Gasteiger partial charge is 0.306 e. The summed E-state index contributed by atoms with van der Waals surface area (Å²) in [5.74, 6) is 5.67. The highest BCUT2D eigenvalue weighted by Gasteiger charge is 2.38. The Morgan fingerprint density at radius 1 is 1.16 bits per heavy atom. The molecule has 0 atom stereocenters. The predicted molar refractivity (Wildman–Crippen MR) is 92.7 cm³/mol. The summed E-state index contributed by atoms with van der Waals surface area (Å²) < 4.78 is 0. The summed E-state index contributed by atoms with van der Waals surface area (Å²) in [7, 11) is 0. The van der Waals surface area contributed by atoms with E-state index in [1.165, 1.54) is 0 Å². The number of carboxylic acid groups (broad SMARTS) is 1. The molecule has 0 saturated heterocycles. The quantitative estimate of drug-likeness (QED) is 0.824. The lowest BCUT2D eigenvalue weighted by molar-refractivity contribution is -0.145. The minimum absolute atomic E-state index is 0.372. The van der Waals surface area contributed by atoms with E-state index in [0.717, 1.165) is 11.1 Å². The average Bonchev–Trinajstić information content (AvgIpc) is 2.62. The van der Waals surface area contributed by atoms with Crippen LogP contribution in [-0.4, -0.2) is 26.2 Å². The molecule has 0 unspecified atom stereocenters. The SMILES string of the molecule is Cc1ncc(C#Cc2ccccc2C2(O)CCC(C(=O)O)CC2)cn1. The van der Waals surface area contributed by atoms with Crippen molar-refractivity contribution in [2.75, 3.05) is 0 Å². The summed E-state index contributed by atoms with van der Waals surface area (Å²) in [6.07, 6.45) is 5.14. The van der Waals surface area contributed by atoms with Crippen molar-refractivity contribution >= 4 is 5.97 Å². The fourth-order valence-electron chi connectivity index (χ4n) is 3.21. The van der Waals surface area contributed by atoms with E-state index in [0.29, 0.717) is 37.1 Å². The molecule has 1 aliphatic carbocycles. The van der Waals surface area contributed by atoms with Crippen LogP contribution in [0.25, 0.3) is 0 Å². The number of benzene rings is 1. The van der Waals surface area contributed by atoms with Crippen molar-refractivity contribution in [2.24, 2.45) is 5.92 Å². The summed E-state index contributed by atoms with van der Waals surface area (Å²) in [5, 5.41) is 20.2. The third kappa shape index (κ3) is 3.86. The number of aliphatic carboxylic acids is 1. The van der Waals surface area contributed by atoms with Crippen molar-refractivity contribution < 1.29 is 15.0 Å². The molecular weight excluding hydrogens is 316 g/mol. The first-order chi connectivity index (χ1) is 12.0. The lowest BCUT2D eigenvalue weighted by atomic mass is 9.74. The van der Waals surface area contributed by atoms with Gasteiger partial charge in [-0.3, -0.25) is 4.79 Å². The van der Waals surface area contributed by atoms with E-state index in [9.17, 15) is 9.90 Å². The van der Waals surface area contributed by atoms with E-state index in [-0.39, 0.29) is 5.92 Å². The molecule has 0 aliphatic heterocycles. The zero-order chi connectivity index (χ0) is 17.9. The second-order valence-corrected chi connectivity index (χ2v) is 6.46. The van der Waals surface area contributed by atoms with Gasteiger partial charge in [0, 0.05) is 18.0 Å². The van der Waals surface area contributed by atoms with Gasteiger partial charge in [0.2, 0.25) is 0 Å². The molecule has 1 aromatic carbocycles. The number of aliphatic hydroxyl groups is 1. The molecule has 1 aromatic heterocycles. The van der Waals surface area contributed by atoms with Crippen molar-refractivity contribution in [1.82, 2.24) is 9.97 Å². The first kappa shape index (κ1) is 17.1. The van der Waals surface area contributed by atoms with Crippen molar-refractivity contribution in [2.45, 2.75) is 38.2 Å². The molecule has 5 heteroatoms. The number of carboxylic acids is 1. The van der Waals surface area contributed by atoms with Gasteiger partial charge in [-0.1, -0.05) is 30.0 Å². The lowest BCUT2D eigenvalue weighted by Gasteiger charge is -2.35. The molecular formula is C20H20N2O3. The molecule has 128 valence electrons. The van der Waals surface area contributed by atoms with Crippen LogP contribution < -0.4 is 0 Å². The predicted octanol–water partition coefficient (Wildman–Crippen LogP) is 2.65. The van der Waals surface area contributed by atoms with Crippen molar-refractivity contribution in [3.8, 4) is 11.8 Å². The van der Waals surface area contributed by atoms with Gasteiger partial charge in [-0.2, -0.15) is 0 Å². The van der Waals surface area contributed by atoms with Crippen LogP contribution in [0.2, 0.25) is 0 Å². The number of nitrogens with zero attached hydrogens (tertiary/aromatic N) is 2. The van der Waals surface area contributed by atoms with Crippen LogP contribution in [0.1, 0.15) is 48.2 Å². The highest BCUT2D eigenvalue weighted by atomic mass is 16.4. The van der Waals surface area contributed by atoms with E-state index in [1.54, 1.807) is 12.4 Å². The van der Waals surface area contributed by atoms with Gasteiger partial charge in [0.1, 0.15) is 5.82 Å². The van der Waals surface area contributed by atoms with Crippen molar-refractivity contribution in [3.63, 3.8) is 0 Å². The Bertz CT molecular complexity index is 826. The number of carbonyl (C=O) groups is 1. The molecule has 1 saturated carbocycles. The molecule has 2 N–H and O–H groups in total. The van der Waals surface area contributed by atoms with Gasteiger partial charge in [0.25, 0.3) is 0 Å². The summed E-state index contributed by atoms with van der Waals surface area (Å²) >= 11 is 0. The van der Waals surface area contributed by atoms with Crippen LogP contribution in [0, 0.1) is 24.7 Å². The molecule has 3 rings (SSSR count). The minimum Gasteiger partial charge on any atom is -0.481 e. The van der Waals surface area contributed by atoms with Crippen LogP contribution in [0.5, 0.6) is 0 Å². The minimum atomic E-state index is -1.03. The Balaban J connectivity index is 1.87. The van der Waals surface area contributed by atoms with Gasteiger partial charge in [-0.05, 0) is 44.2 Å². The molecule has 1 fully saturated rings. The highest BCUT2D eigenvalue weighted by molar-refractivity contribution is 5.70. The van der Waals surface area contributed by atoms with Gasteiger partial charge in [-0.15, -0.1) is 0 Å². The Morgan fingerprint density at radius 2 is 1.80 bits per heavy atom. The van der Waals surface area contributed by atoms with Crippen LogP contribution in [0.15, 0.2) is 36.7 Å². The number of hydrogen-bond donors (Lipinski definition) is 2. The van der Waals surface area contributed by atoms with E-state index >= 15 is 0 Å². The topological polar surface area (TPSA) is 83.3 Å². The summed E-state index contributed by atoms with van der Waals surface area (Å²) in [5.41, 5.74) is 1.20. The number of rotatable bonds is 2. The number of aryl methyl sites for hydroxylation is 1. The van der Waals surface area contributed by atoms with Crippen molar-refractivity contribution in [3.05, 3.63) is 59.2 Å². The number of hydrogen-bond acceptors (Lipinski definition) is 4. The molecule has 5 nitrogen and oxygen atoms in total. The van der Waals surface area contributed by atoms with Gasteiger partial charge >= 0.3 is 5.97 Å². The molecule has 0 spiro atoms. The third-order valence-corrected chi connectivity index (χ3v) is 4.71. The fourth-order valence-corrected chi connectivity index (χ4v) is 3.21. The Kier molecular flexibility index (Phi) is 4.82. The molecule has 0 radical (unpaired) electrons. The summed E-state index contributed by atoms with van der Waals surface area (Å²) in [6, 6.07) is 7.50. The van der Waals surface area contributed by atoms with Crippen molar-refractivity contribution in [1.29, 1.82) is 0 Å². The molecule has 1 heterocycles. The second kappa shape index (κ2) is 7.04. The Labute approximate surface area is 146 Å². The lowest BCUT2D eigenvalue weighted by Crippen LogP contribution is -2.34. The van der Waals surface area contributed by atoms with Gasteiger partial charge in [0.05, 0.1) is 17.1 Å². The Hall–Kier alpha value is -2.71. The normalized spacial score (nSPS) is 22.7. The maximum atomic E-state index is 11.1. The van der Waals surface area contributed by atoms with Crippen LogP contribution in [0.4, 0.5) is 0 Å². The average molecular weight is 336 g/mol. The maximum Gasteiger partial charge on any atom is 0.306 e. The number of aromatic nitrogens is 2. The van der Waals surface area contributed by atoms with Gasteiger partial charge in [0.15, 0.2) is 0 Å². The van der Waals surface area contributed by atoms with E-state index in [4.69, 9.17) is 5.11 Å². The first-order valence-electron chi connectivity index (χ1n) is 8.33. The first-order valence-corrected chi connectivity index (χ1v) is 8.33.